The van der Waals surface area contributed by atoms with E-state index >= 15 is 0 Å². The van der Waals surface area contributed by atoms with Crippen LogP contribution < -0.4 is 0 Å². The van der Waals surface area contributed by atoms with Crippen molar-refractivity contribution in [3.63, 3.8) is 0 Å². The highest BCUT2D eigenvalue weighted by Gasteiger charge is 2.10. The van der Waals surface area contributed by atoms with Crippen LogP contribution in [0.5, 0.6) is 0 Å². The van der Waals surface area contributed by atoms with Crippen molar-refractivity contribution in [2.24, 2.45) is 5.41 Å². The van der Waals surface area contributed by atoms with E-state index in [2.05, 4.69) is 4.42 Å². The van der Waals surface area contributed by atoms with Gasteiger partial charge in [-0.2, -0.15) is 0 Å². The second-order valence-electron chi connectivity index (χ2n) is 4.13. The van der Waals surface area contributed by atoms with Crippen LogP contribution in [0.25, 0.3) is 0 Å². The molecule has 0 N–H and O–H groups in total. The van der Waals surface area contributed by atoms with E-state index in [0.717, 1.165) is 0 Å². The van der Waals surface area contributed by atoms with Crippen LogP contribution in [-0.2, 0) is 9.53 Å². The molecule has 3 heteroatoms. The number of hydrogen-bond acceptors (Lipinski definition) is 3. The third kappa shape index (κ3) is 10.8. The van der Waals surface area contributed by atoms with Crippen molar-refractivity contribution in [2.75, 3.05) is 6.61 Å². The summed E-state index contributed by atoms with van der Waals surface area (Å²) in [6.07, 6.45) is 3.25. The number of ether oxygens (including phenoxy) is 1. The molecule has 14 heavy (non-hydrogen) atoms. The summed E-state index contributed by atoms with van der Waals surface area (Å²) in [5, 5.41) is 0. The van der Waals surface area contributed by atoms with E-state index in [9.17, 15) is 4.79 Å². The Kier molecular flexibility index (Phi) is 5.68. The molecule has 0 aliphatic carbocycles. The summed E-state index contributed by atoms with van der Waals surface area (Å²) in [6.45, 7) is 8.00. The lowest BCUT2D eigenvalue weighted by Crippen LogP contribution is -2.16. The zero-order chi connectivity index (χ0) is 11.0. The van der Waals surface area contributed by atoms with E-state index < -0.39 is 0 Å². The lowest BCUT2D eigenvalue weighted by atomic mass is 9.99. The van der Waals surface area contributed by atoms with Gasteiger partial charge >= 0.3 is 5.97 Å². The molecule has 1 rings (SSSR count). The van der Waals surface area contributed by atoms with Gasteiger partial charge in [0.15, 0.2) is 0 Å². The smallest absolute Gasteiger partial charge is 0.302 e. The summed E-state index contributed by atoms with van der Waals surface area (Å²) in [5.74, 6) is -0.204. The molecule has 1 aromatic heterocycles. The predicted octanol–water partition coefficient (Wildman–Crippen LogP) is 2.88. The minimum atomic E-state index is -0.204. The first kappa shape index (κ1) is 12.8. The van der Waals surface area contributed by atoms with E-state index in [-0.39, 0.29) is 11.4 Å². The summed E-state index contributed by atoms with van der Waals surface area (Å²) in [6, 6.07) is 3.67. The lowest BCUT2D eigenvalue weighted by Gasteiger charge is -2.16. The van der Waals surface area contributed by atoms with Gasteiger partial charge in [-0.25, -0.2) is 0 Å². The normalized spacial score (nSPS) is 10.0. The molecule has 0 saturated carbocycles. The number of esters is 1. The Morgan fingerprint density at radius 1 is 1.29 bits per heavy atom. The maximum absolute atomic E-state index is 10.3. The molecule has 0 radical (unpaired) electrons. The number of rotatable bonds is 1. The van der Waals surface area contributed by atoms with Gasteiger partial charge in [0, 0.05) is 6.92 Å². The van der Waals surface area contributed by atoms with E-state index in [1.54, 1.807) is 12.5 Å². The van der Waals surface area contributed by atoms with E-state index in [1.165, 1.54) is 6.92 Å². The van der Waals surface area contributed by atoms with Crippen LogP contribution in [0.15, 0.2) is 29.1 Å². The third-order valence-electron chi connectivity index (χ3n) is 1.13. The quantitative estimate of drug-likeness (QED) is 0.651. The first-order valence-corrected chi connectivity index (χ1v) is 4.52. The Labute approximate surface area is 85.1 Å². The molecule has 0 amide bonds. The van der Waals surface area contributed by atoms with E-state index in [0.29, 0.717) is 6.61 Å². The topological polar surface area (TPSA) is 39.4 Å². The van der Waals surface area contributed by atoms with Crippen molar-refractivity contribution in [3.05, 3.63) is 24.7 Å². The van der Waals surface area contributed by atoms with E-state index in [1.807, 2.05) is 32.9 Å². The molecule has 0 fully saturated rings. The SMILES string of the molecule is CC(=O)OCC(C)(C)C.c1ccoc1. The van der Waals surface area contributed by atoms with Crippen molar-refractivity contribution < 1.29 is 13.9 Å². The van der Waals surface area contributed by atoms with Crippen molar-refractivity contribution in [1.82, 2.24) is 0 Å². The number of carbonyl (C=O) groups is 1. The molecular weight excluding hydrogens is 180 g/mol. The Hall–Kier alpha value is -1.25. The number of hydrogen-bond donors (Lipinski definition) is 0. The highest BCUT2D eigenvalue weighted by molar-refractivity contribution is 5.65. The van der Waals surface area contributed by atoms with E-state index in [4.69, 9.17) is 4.74 Å². The molecule has 0 aromatic carbocycles. The van der Waals surface area contributed by atoms with Gasteiger partial charge in [0.05, 0.1) is 19.1 Å². The minimum absolute atomic E-state index is 0.0890. The molecule has 0 spiro atoms. The molecule has 0 aliphatic rings. The molecule has 0 unspecified atom stereocenters. The molecule has 0 saturated heterocycles. The summed E-state index contributed by atoms with van der Waals surface area (Å²) in [7, 11) is 0. The van der Waals surface area contributed by atoms with Crippen LogP contribution in [0, 0.1) is 5.41 Å². The fraction of sp³-hybridized carbons (Fsp3) is 0.545. The molecule has 1 aromatic rings. The summed E-state index contributed by atoms with van der Waals surface area (Å²) < 4.78 is 9.35. The average Bonchev–Trinajstić information content (AvgIpc) is 2.56. The number of furan rings is 1. The van der Waals surface area contributed by atoms with Crippen LogP contribution >= 0.6 is 0 Å². The maximum atomic E-state index is 10.3. The second-order valence-corrected chi connectivity index (χ2v) is 4.13. The van der Waals surface area contributed by atoms with Crippen molar-refractivity contribution in [1.29, 1.82) is 0 Å². The van der Waals surface area contributed by atoms with Crippen molar-refractivity contribution >= 4 is 5.97 Å². The first-order chi connectivity index (χ1) is 6.42. The van der Waals surface area contributed by atoms with Crippen LogP contribution in [0.4, 0.5) is 0 Å². The minimum Gasteiger partial charge on any atom is -0.473 e. The number of carbonyl (C=O) groups excluding carboxylic acids is 1. The van der Waals surface area contributed by atoms with Crippen molar-refractivity contribution in [3.8, 4) is 0 Å². The van der Waals surface area contributed by atoms with Gasteiger partial charge in [0.1, 0.15) is 0 Å². The van der Waals surface area contributed by atoms with Crippen LogP contribution in [0.2, 0.25) is 0 Å². The van der Waals surface area contributed by atoms with Gasteiger partial charge in [0.25, 0.3) is 0 Å². The van der Waals surface area contributed by atoms with Gasteiger partial charge in [-0.15, -0.1) is 0 Å². The summed E-state index contributed by atoms with van der Waals surface area (Å²) in [5.41, 5.74) is 0.0890. The Balaban J connectivity index is 0.000000280. The van der Waals surface area contributed by atoms with Crippen LogP contribution in [-0.4, -0.2) is 12.6 Å². The van der Waals surface area contributed by atoms with Gasteiger partial charge < -0.3 is 9.15 Å². The fourth-order valence-corrected chi connectivity index (χ4v) is 0.545. The molecule has 0 aliphatic heterocycles. The van der Waals surface area contributed by atoms with Crippen molar-refractivity contribution in [2.45, 2.75) is 27.7 Å². The summed E-state index contributed by atoms with van der Waals surface area (Å²) in [4.78, 5) is 10.3. The largest absolute Gasteiger partial charge is 0.473 e. The zero-order valence-corrected chi connectivity index (χ0v) is 9.24. The molecule has 0 atom stereocenters. The Bertz CT molecular complexity index is 214. The monoisotopic (exact) mass is 198 g/mol. The van der Waals surface area contributed by atoms with Gasteiger partial charge in [-0.1, -0.05) is 20.8 Å². The highest BCUT2D eigenvalue weighted by atomic mass is 16.5. The van der Waals surface area contributed by atoms with Gasteiger partial charge in [0.2, 0.25) is 0 Å². The standard InChI is InChI=1S/C7H14O2.C4H4O/c1-6(8)9-5-7(2,3)4;1-2-4-5-3-1/h5H2,1-4H3;1-4H. The van der Waals surface area contributed by atoms with Crippen LogP contribution in [0.3, 0.4) is 0 Å². The summed E-state index contributed by atoms with van der Waals surface area (Å²) >= 11 is 0. The molecule has 0 bridgehead atoms. The van der Waals surface area contributed by atoms with Crippen LogP contribution in [0.1, 0.15) is 27.7 Å². The Morgan fingerprint density at radius 3 is 1.93 bits per heavy atom. The second kappa shape index (κ2) is 6.24. The van der Waals surface area contributed by atoms with Gasteiger partial charge in [-0.05, 0) is 17.5 Å². The molecule has 80 valence electrons. The fourth-order valence-electron chi connectivity index (χ4n) is 0.545. The predicted molar refractivity (Wildman–Crippen MR) is 54.8 cm³/mol. The zero-order valence-electron chi connectivity index (χ0n) is 9.24. The average molecular weight is 198 g/mol. The maximum Gasteiger partial charge on any atom is 0.302 e. The first-order valence-electron chi connectivity index (χ1n) is 4.52. The van der Waals surface area contributed by atoms with Gasteiger partial charge in [-0.3, -0.25) is 4.79 Å². The molecule has 1 heterocycles. The third-order valence-corrected chi connectivity index (χ3v) is 1.13. The molecular formula is C11H18O3. The lowest BCUT2D eigenvalue weighted by molar-refractivity contribution is -0.143. The highest BCUT2D eigenvalue weighted by Crippen LogP contribution is 2.12. The molecule has 3 nitrogen and oxygen atoms in total. The Morgan fingerprint density at radius 2 is 1.79 bits per heavy atom.